The van der Waals surface area contributed by atoms with E-state index < -0.39 is 0 Å². The second-order valence-electron chi connectivity index (χ2n) is 7.54. The Hall–Kier alpha value is -0.820. The van der Waals surface area contributed by atoms with Crippen LogP contribution in [0, 0.1) is 17.3 Å². The summed E-state index contributed by atoms with van der Waals surface area (Å²) in [6.45, 7) is 15.7. The van der Waals surface area contributed by atoms with Crippen molar-refractivity contribution in [3.05, 3.63) is 35.5 Å². The Balaban J connectivity index is 2.89. The van der Waals surface area contributed by atoms with Gasteiger partial charge in [0.25, 0.3) is 0 Å². The highest BCUT2D eigenvalue weighted by Gasteiger charge is 2.40. The SMILES string of the molecule is C=C1[C@@H](CO)CC[C@](C)(CCC=C(C)C)[C@H]1CC=C(C)C. The minimum Gasteiger partial charge on any atom is -0.396 e. The Morgan fingerprint density at radius 2 is 1.86 bits per heavy atom. The van der Waals surface area contributed by atoms with Gasteiger partial charge in [-0.25, -0.2) is 0 Å². The van der Waals surface area contributed by atoms with Crippen molar-refractivity contribution in [1.82, 2.24) is 0 Å². The van der Waals surface area contributed by atoms with Gasteiger partial charge in [-0.2, -0.15) is 0 Å². The van der Waals surface area contributed by atoms with Gasteiger partial charge in [0.2, 0.25) is 0 Å². The zero-order valence-corrected chi connectivity index (χ0v) is 14.7. The van der Waals surface area contributed by atoms with Crippen LogP contribution in [0.1, 0.15) is 66.7 Å². The van der Waals surface area contributed by atoms with E-state index in [0.29, 0.717) is 17.3 Å². The molecule has 1 rings (SSSR count). The third-order valence-corrected chi connectivity index (χ3v) is 5.13. The van der Waals surface area contributed by atoms with Crippen molar-refractivity contribution in [2.75, 3.05) is 6.61 Å². The third-order valence-electron chi connectivity index (χ3n) is 5.13. The molecule has 1 aliphatic rings. The lowest BCUT2D eigenvalue weighted by Crippen LogP contribution is -2.37. The van der Waals surface area contributed by atoms with E-state index in [1.54, 1.807) is 0 Å². The summed E-state index contributed by atoms with van der Waals surface area (Å²) in [6, 6.07) is 0. The van der Waals surface area contributed by atoms with Crippen LogP contribution in [0.3, 0.4) is 0 Å². The minimum atomic E-state index is 0.258. The van der Waals surface area contributed by atoms with Crippen LogP contribution < -0.4 is 0 Å². The molecule has 1 heteroatoms. The van der Waals surface area contributed by atoms with Crippen molar-refractivity contribution < 1.29 is 5.11 Å². The summed E-state index contributed by atoms with van der Waals surface area (Å²) in [7, 11) is 0. The summed E-state index contributed by atoms with van der Waals surface area (Å²) < 4.78 is 0. The van der Waals surface area contributed by atoms with Gasteiger partial charge in [0.05, 0.1) is 0 Å². The van der Waals surface area contributed by atoms with Gasteiger partial charge in [-0.15, -0.1) is 0 Å². The van der Waals surface area contributed by atoms with Gasteiger partial charge >= 0.3 is 0 Å². The van der Waals surface area contributed by atoms with Gasteiger partial charge in [-0.05, 0) is 71.1 Å². The molecule has 120 valence electrons. The van der Waals surface area contributed by atoms with E-state index >= 15 is 0 Å². The van der Waals surface area contributed by atoms with Crippen LogP contribution in [0.5, 0.6) is 0 Å². The summed E-state index contributed by atoms with van der Waals surface area (Å²) in [5, 5.41) is 9.59. The zero-order valence-electron chi connectivity index (χ0n) is 14.7. The van der Waals surface area contributed by atoms with Crippen LogP contribution in [-0.4, -0.2) is 11.7 Å². The molecule has 0 aliphatic heterocycles. The van der Waals surface area contributed by atoms with E-state index in [0.717, 1.165) is 19.3 Å². The summed E-state index contributed by atoms with van der Waals surface area (Å²) in [6.07, 6.45) is 10.4. The lowest BCUT2D eigenvalue weighted by atomic mass is 9.59. The molecule has 3 atom stereocenters. The highest BCUT2D eigenvalue weighted by atomic mass is 16.3. The molecule has 0 aromatic carbocycles. The van der Waals surface area contributed by atoms with E-state index in [-0.39, 0.29) is 6.61 Å². The number of aliphatic hydroxyl groups is 1. The van der Waals surface area contributed by atoms with Crippen molar-refractivity contribution in [3.63, 3.8) is 0 Å². The molecular formula is C20H34O. The molecule has 0 aromatic rings. The molecule has 0 bridgehead atoms. The Bertz CT molecular complexity index is 408. The molecule has 0 spiro atoms. The van der Waals surface area contributed by atoms with Crippen LogP contribution in [0.15, 0.2) is 35.5 Å². The molecule has 0 heterocycles. The Kier molecular flexibility index (Phi) is 6.93. The van der Waals surface area contributed by atoms with E-state index in [9.17, 15) is 5.11 Å². The fraction of sp³-hybridized carbons (Fsp3) is 0.700. The molecular weight excluding hydrogens is 256 g/mol. The van der Waals surface area contributed by atoms with E-state index in [4.69, 9.17) is 0 Å². The van der Waals surface area contributed by atoms with Gasteiger partial charge < -0.3 is 5.11 Å². The molecule has 1 N–H and O–H groups in total. The summed E-state index contributed by atoms with van der Waals surface area (Å²) >= 11 is 0. The third kappa shape index (κ3) is 5.14. The van der Waals surface area contributed by atoms with Crippen LogP contribution >= 0.6 is 0 Å². The first-order chi connectivity index (χ1) is 9.80. The fourth-order valence-corrected chi connectivity index (χ4v) is 3.58. The second-order valence-corrected chi connectivity index (χ2v) is 7.54. The van der Waals surface area contributed by atoms with Gasteiger partial charge in [-0.1, -0.05) is 42.4 Å². The topological polar surface area (TPSA) is 20.2 Å². The standard InChI is InChI=1S/C20H34O/c1-15(2)8-7-12-20(6)13-11-18(14-21)17(5)19(20)10-9-16(3)4/h8-9,18-19,21H,5,7,10-14H2,1-4,6H3/t18-,19+,20+/m1/s1. The molecule has 1 saturated carbocycles. The lowest BCUT2D eigenvalue weighted by molar-refractivity contribution is 0.102. The molecule has 0 saturated heterocycles. The summed E-state index contributed by atoms with van der Waals surface area (Å²) in [5.74, 6) is 0.806. The van der Waals surface area contributed by atoms with E-state index in [1.807, 2.05) is 0 Å². The molecule has 0 radical (unpaired) electrons. The monoisotopic (exact) mass is 290 g/mol. The molecule has 0 unspecified atom stereocenters. The van der Waals surface area contributed by atoms with Crippen LogP contribution in [-0.2, 0) is 0 Å². The summed E-state index contributed by atoms with van der Waals surface area (Å²) in [4.78, 5) is 0. The van der Waals surface area contributed by atoms with Gasteiger partial charge in [-0.3, -0.25) is 0 Å². The first-order valence-electron chi connectivity index (χ1n) is 8.36. The predicted molar refractivity (Wildman–Crippen MR) is 93.3 cm³/mol. The molecule has 0 aromatic heterocycles. The maximum Gasteiger partial charge on any atom is 0.0496 e. The Morgan fingerprint density at radius 1 is 1.24 bits per heavy atom. The summed E-state index contributed by atoms with van der Waals surface area (Å²) in [5.41, 5.74) is 4.38. The maximum atomic E-state index is 9.59. The van der Waals surface area contributed by atoms with Crippen LogP contribution in [0.25, 0.3) is 0 Å². The maximum absolute atomic E-state index is 9.59. The number of aliphatic hydroxyl groups excluding tert-OH is 1. The molecule has 1 fully saturated rings. The largest absolute Gasteiger partial charge is 0.396 e. The van der Waals surface area contributed by atoms with Gasteiger partial charge in [0, 0.05) is 12.5 Å². The Labute approximate surface area is 131 Å². The molecule has 1 aliphatic carbocycles. The number of hydrogen-bond acceptors (Lipinski definition) is 1. The molecule has 1 nitrogen and oxygen atoms in total. The average molecular weight is 290 g/mol. The lowest BCUT2D eigenvalue weighted by Gasteiger charge is -2.46. The van der Waals surface area contributed by atoms with Crippen molar-refractivity contribution in [2.24, 2.45) is 17.3 Å². The van der Waals surface area contributed by atoms with Crippen molar-refractivity contribution in [2.45, 2.75) is 66.7 Å². The predicted octanol–water partition coefficient (Wildman–Crippen LogP) is 5.67. The van der Waals surface area contributed by atoms with Gasteiger partial charge in [0.15, 0.2) is 0 Å². The molecule has 0 amide bonds. The fourth-order valence-electron chi connectivity index (χ4n) is 3.58. The molecule has 21 heavy (non-hydrogen) atoms. The van der Waals surface area contributed by atoms with Gasteiger partial charge in [0.1, 0.15) is 0 Å². The second kappa shape index (κ2) is 7.98. The quantitative estimate of drug-likeness (QED) is 0.625. The van der Waals surface area contributed by atoms with E-state index in [2.05, 4.69) is 53.3 Å². The van der Waals surface area contributed by atoms with Crippen LogP contribution in [0.2, 0.25) is 0 Å². The van der Waals surface area contributed by atoms with Crippen molar-refractivity contribution in [1.29, 1.82) is 0 Å². The minimum absolute atomic E-state index is 0.258. The number of hydrogen-bond donors (Lipinski definition) is 1. The Morgan fingerprint density at radius 3 is 2.38 bits per heavy atom. The van der Waals surface area contributed by atoms with Crippen LogP contribution in [0.4, 0.5) is 0 Å². The highest BCUT2D eigenvalue weighted by Crippen LogP contribution is 2.50. The zero-order chi connectivity index (χ0) is 16.0. The smallest absolute Gasteiger partial charge is 0.0496 e. The first kappa shape index (κ1) is 18.2. The normalized spacial score (nSPS) is 29.1. The van der Waals surface area contributed by atoms with E-state index in [1.165, 1.54) is 29.6 Å². The highest BCUT2D eigenvalue weighted by molar-refractivity contribution is 5.17. The first-order valence-corrected chi connectivity index (χ1v) is 8.36. The number of rotatable bonds is 6. The number of allylic oxidation sites excluding steroid dienone is 4. The average Bonchev–Trinajstić information content (AvgIpc) is 2.38. The van der Waals surface area contributed by atoms with Crippen molar-refractivity contribution in [3.8, 4) is 0 Å². The van der Waals surface area contributed by atoms with Crippen molar-refractivity contribution >= 4 is 0 Å².